The molecule has 0 aromatic carbocycles. The number of carbonyl (C=O) groups is 1. The fourth-order valence-electron chi connectivity index (χ4n) is 5.42. The van der Waals surface area contributed by atoms with Crippen LogP contribution in [0.3, 0.4) is 0 Å². The Bertz CT molecular complexity index is 982. The van der Waals surface area contributed by atoms with Gasteiger partial charge in [0.1, 0.15) is 0 Å². The summed E-state index contributed by atoms with van der Waals surface area (Å²) in [6.07, 6.45) is -1.95. The van der Waals surface area contributed by atoms with Gasteiger partial charge in [-0.1, -0.05) is 28.2 Å². The summed E-state index contributed by atoms with van der Waals surface area (Å²) < 4.78 is 64.3. The second kappa shape index (κ2) is 8.14. The molecule has 4 aliphatic rings. The fraction of sp³-hybridized carbons (Fsp3) is 0.762. The third kappa shape index (κ3) is 4.32. The lowest BCUT2D eigenvalue weighted by molar-refractivity contribution is -0.141. The summed E-state index contributed by atoms with van der Waals surface area (Å²) >= 11 is 0. The Kier molecular flexibility index (Phi) is 6.29. The maximum atomic E-state index is 13.7. The molecule has 4 fully saturated rings. The van der Waals surface area contributed by atoms with Crippen molar-refractivity contribution in [3.63, 3.8) is 0 Å². The van der Waals surface area contributed by atoms with Gasteiger partial charge >= 0.3 is 6.18 Å². The molecule has 1 aromatic rings. The second-order valence-corrected chi connectivity index (χ2v) is 11.9. The molecular weight excluding hydrogens is 445 g/mol. The summed E-state index contributed by atoms with van der Waals surface area (Å²) in [6.45, 7) is 6.30. The van der Waals surface area contributed by atoms with Crippen LogP contribution in [0.1, 0.15) is 57.1 Å². The van der Waals surface area contributed by atoms with E-state index in [-0.39, 0.29) is 55.3 Å². The smallest absolute Gasteiger partial charge is 0.351 e. The first-order valence-corrected chi connectivity index (χ1v) is 12.3. The molecule has 1 saturated heterocycles. The van der Waals surface area contributed by atoms with Gasteiger partial charge in [-0.05, 0) is 36.0 Å². The summed E-state index contributed by atoms with van der Waals surface area (Å²) in [5.41, 5.74) is -1.70. The average molecular weight is 477 g/mol. The summed E-state index contributed by atoms with van der Waals surface area (Å²) in [5, 5.41) is 3.07. The van der Waals surface area contributed by atoms with Crippen LogP contribution in [0.25, 0.3) is 0 Å². The first kappa shape index (κ1) is 24.7. The molecule has 2 bridgehead atoms. The van der Waals surface area contributed by atoms with Crippen LogP contribution in [0.5, 0.6) is 0 Å². The number of aromatic nitrogens is 2. The van der Waals surface area contributed by atoms with Crippen LogP contribution >= 0.6 is 0 Å². The van der Waals surface area contributed by atoms with Crippen molar-refractivity contribution in [3.8, 4) is 0 Å². The SMILES string of the molecule is C.C[C@@H]1[C@H]2C[C@@H](C[C@H]1Nc1ncc(C(=O)N3CCS(=O)(=O)CC3)c(C(F)(F)F)n1)C2(C)C. The molecule has 1 aliphatic heterocycles. The number of anilines is 1. The minimum Gasteiger partial charge on any atom is -0.351 e. The van der Waals surface area contributed by atoms with Gasteiger partial charge in [0, 0.05) is 25.3 Å². The lowest BCUT2D eigenvalue weighted by Gasteiger charge is -2.62. The highest BCUT2D eigenvalue weighted by Crippen LogP contribution is 2.61. The lowest BCUT2D eigenvalue weighted by atomic mass is 9.45. The quantitative estimate of drug-likeness (QED) is 0.718. The standard InChI is InChI=1S/C20H27F3N4O3S.CH4/c1-11-14-8-12(19(14,2)3)9-15(11)25-18-24-10-13(16(26-18)20(21,22)23)17(28)27-4-6-31(29,30)7-5-27;/h10-12,14-15H,4-9H2,1-3H3,(H,24,25,26);1H4/t11-,12+,14-,15-;/m1./s1. The molecule has 1 N–H and O–H groups in total. The molecule has 7 nitrogen and oxygen atoms in total. The minimum absolute atomic E-state index is 0. The van der Waals surface area contributed by atoms with Crippen LogP contribution in [0, 0.1) is 23.2 Å². The Balaban J connectivity index is 0.00000289. The molecule has 4 atom stereocenters. The van der Waals surface area contributed by atoms with Crippen LogP contribution in [0.4, 0.5) is 19.1 Å². The van der Waals surface area contributed by atoms with E-state index in [1.807, 2.05) is 0 Å². The Hall–Kier alpha value is -1.91. The van der Waals surface area contributed by atoms with Crippen molar-refractivity contribution >= 4 is 21.7 Å². The number of hydrogen-bond donors (Lipinski definition) is 1. The van der Waals surface area contributed by atoms with Crippen molar-refractivity contribution in [1.82, 2.24) is 14.9 Å². The van der Waals surface area contributed by atoms with Gasteiger partial charge in [-0.25, -0.2) is 18.4 Å². The van der Waals surface area contributed by atoms with Crippen molar-refractivity contribution in [3.05, 3.63) is 17.5 Å². The van der Waals surface area contributed by atoms with Gasteiger partial charge in [0.25, 0.3) is 5.91 Å². The van der Waals surface area contributed by atoms with Gasteiger partial charge in [-0.2, -0.15) is 13.2 Å². The number of rotatable bonds is 3. The van der Waals surface area contributed by atoms with E-state index < -0.39 is 33.2 Å². The number of halogens is 3. The number of alkyl halides is 3. The van der Waals surface area contributed by atoms with E-state index in [0.29, 0.717) is 11.8 Å². The molecular formula is C21H31F3N4O3S. The highest BCUT2D eigenvalue weighted by Gasteiger charge is 2.56. The van der Waals surface area contributed by atoms with E-state index in [1.165, 1.54) is 0 Å². The number of nitrogens with one attached hydrogen (secondary N) is 1. The highest BCUT2D eigenvalue weighted by atomic mass is 32.2. The number of nitrogens with zero attached hydrogens (tertiary/aromatic N) is 3. The predicted molar refractivity (Wildman–Crippen MR) is 115 cm³/mol. The zero-order chi connectivity index (χ0) is 22.8. The van der Waals surface area contributed by atoms with Crippen molar-refractivity contribution in [2.75, 3.05) is 29.9 Å². The van der Waals surface area contributed by atoms with Crippen molar-refractivity contribution in [2.45, 2.75) is 53.3 Å². The maximum absolute atomic E-state index is 13.7. The first-order chi connectivity index (χ1) is 14.3. The Morgan fingerprint density at radius 2 is 1.84 bits per heavy atom. The summed E-state index contributed by atoms with van der Waals surface area (Å²) in [5.74, 6) is -0.275. The molecule has 180 valence electrons. The van der Waals surface area contributed by atoms with Crippen molar-refractivity contribution < 1.29 is 26.4 Å². The molecule has 3 aliphatic carbocycles. The monoisotopic (exact) mass is 476 g/mol. The largest absolute Gasteiger partial charge is 0.434 e. The second-order valence-electron chi connectivity index (χ2n) is 9.60. The van der Waals surface area contributed by atoms with E-state index in [4.69, 9.17) is 0 Å². The van der Waals surface area contributed by atoms with E-state index >= 15 is 0 Å². The van der Waals surface area contributed by atoms with Gasteiger partial charge in [0.15, 0.2) is 15.5 Å². The van der Waals surface area contributed by atoms with Crippen LogP contribution in [0.2, 0.25) is 0 Å². The maximum Gasteiger partial charge on any atom is 0.434 e. The van der Waals surface area contributed by atoms with Crippen LogP contribution in [-0.2, 0) is 16.0 Å². The van der Waals surface area contributed by atoms with Crippen molar-refractivity contribution in [1.29, 1.82) is 0 Å². The molecule has 5 rings (SSSR count). The number of carbonyl (C=O) groups excluding carboxylic acids is 1. The average Bonchev–Trinajstić information content (AvgIpc) is 2.68. The van der Waals surface area contributed by atoms with E-state index in [9.17, 15) is 26.4 Å². The Morgan fingerprint density at radius 3 is 2.38 bits per heavy atom. The van der Waals surface area contributed by atoms with Gasteiger partial charge < -0.3 is 10.2 Å². The molecule has 0 unspecified atom stereocenters. The third-order valence-electron chi connectivity index (χ3n) is 7.59. The van der Waals surface area contributed by atoms with Crippen LogP contribution < -0.4 is 5.32 Å². The molecule has 1 aromatic heterocycles. The van der Waals surface area contributed by atoms with Gasteiger partial charge in [-0.15, -0.1) is 0 Å². The molecule has 3 saturated carbocycles. The van der Waals surface area contributed by atoms with Crippen LogP contribution in [0.15, 0.2) is 6.20 Å². The number of hydrogen-bond acceptors (Lipinski definition) is 6. The molecule has 32 heavy (non-hydrogen) atoms. The number of sulfone groups is 1. The van der Waals surface area contributed by atoms with Crippen LogP contribution in [-0.4, -0.2) is 59.8 Å². The molecule has 0 radical (unpaired) electrons. The molecule has 0 spiro atoms. The van der Waals surface area contributed by atoms with E-state index in [1.54, 1.807) is 0 Å². The lowest BCUT2D eigenvalue weighted by Crippen LogP contribution is -2.58. The minimum atomic E-state index is -4.84. The predicted octanol–water partition coefficient (Wildman–Crippen LogP) is 3.48. The zero-order valence-corrected chi connectivity index (χ0v) is 18.6. The zero-order valence-electron chi connectivity index (χ0n) is 17.7. The summed E-state index contributed by atoms with van der Waals surface area (Å²) in [6, 6.07) is -0.0216. The fourth-order valence-corrected chi connectivity index (χ4v) is 6.62. The first-order valence-electron chi connectivity index (χ1n) is 10.5. The highest BCUT2D eigenvalue weighted by molar-refractivity contribution is 7.91. The Morgan fingerprint density at radius 1 is 1.22 bits per heavy atom. The van der Waals surface area contributed by atoms with Gasteiger partial charge in [-0.3, -0.25) is 4.79 Å². The topological polar surface area (TPSA) is 92.3 Å². The summed E-state index contributed by atoms with van der Waals surface area (Å²) in [7, 11) is -3.27. The van der Waals surface area contributed by atoms with Crippen molar-refractivity contribution in [2.24, 2.45) is 23.2 Å². The van der Waals surface area contributed by atoms with E-state index in [0.717, 1.165) is 23.9 Å². The molecule has 1 amide bonds. The Labute approximate surface area is 187 Å². The number of fused-ring (bicyclic) bond motifs is 2. The summed E-state index contributed by atoms with van der Waals surface area (Å²) in [4.78, 5) is 21.5. The van der Waals surface area contributed by atoms with Gasteiger partial charge in [0.2, 0.25) is 5.95 Å². The molecule has 2 heterocycles. The third-order valence-corrected chi connectivity index (χ3v) is 9.20. The normalized spacial score (nSPS) is 30.6. The molecule has 11 heteroatoms. The van der Waals surface area contributed by atoms with Gasteiger partial charge in [0.05, 0.1) is 17.1 Å². The number of amides is 1. The van der Waals surface area contributed by atoms with E-state index in [2.05, 4.69) is 36.1 Å².